The molecule has 0 radical (unpaired) electrons. The molecule has 0 atom stereocenters. The van der Waals surface area contributed by atoms with E-state index in [0.717, 1.165) is 12.1 Å². The van der Waals surface area contributed by atoms with Crippen molar-refractivity contribution in [2.24, 2.45) is 0 Å². The Morgan fingerprint density at radius 1 is 0.875 bits per heavy atom. The van der Waals surface area contributed by atoms with E-state index in [9.17, 15) is 22.0 Å². The van der Waals surface area contributed by atoms with Crippen molar-refractivity contribution in [2.75, 3.05) is 0 Å². The van der Waals surface area contributed by atoms with Crippen molar-refractivity contribution < 1.29 is 22.0 Å². The average Bonchev–Trinajstić information content (AvgIpc) is 2.96. The van der Waals surface area contributed by atoms with Gasteiger partial charge in [0.25, 0.3) is 0 Å². The Kier molecular flexibility index (Phi) is 3.13. The summed E-state index contributed by atoms with van der Waals surface area (Å²) >= 11 is 0. The summed E-state index contributed by atoms with van der Waals surface area (Å²) in [7, 11) is 0. The van der Waals surface area contributed by atoms with Crippen molar-refractivity contribution in [2.45, 2.75) is 6.42 Å². The zero-order valence-electron chi connectivity index (χ0n) is 11.9. The van der Waals surface area contributed by atoms with E-state index in [4.69, 9.17) is 0 Å². The van der Waals surface area contributed by atoms with E-state index in [1.54, 1.807) is 0 Å². The second kappa shape index (κ2) is 5.09. The predicted molar refractivity (Wildman–Crippen MR) is 76.6 cm³/mol. The van der Waals surface area contributed by atoms with Crippen LogP contribution in [0.4, 0.5) is 22.0 Å². The molecule has 0 fully saturated rings. The number of rotatable bonds is 1. The highest BCUT2D eigenvalue weighted by atomic mass is 19.2. The molecular weight excluding hydrogens is 327 g/mol. The van der Waals surface area contributed by atoms with Crippen LogP contribution in [-0.4, -0.2) is 9.97 Å². The zero-order chi connectivity index (χ0) is 17.0. The number of benzene rings is 2. The monoisotopic (exact) mass is 334 g/mol. The van der Waals surface area contributed by atoms with Gasteiger partial charge in [0.1, 0.15) is 11.3 Å². The molecule has 24 heavy (non-hydrogen) atoms. The first-order chi connectivity index (χ1) is 11.5. The minimum absolute atomic E-state index is 0.00498. The third-order valence-electron chi connectivity index (χ3n) is 3.91. The standard InChI is InChI=1S/C17H7F5N2/c18-7-3-12(20)17-13(4-7)23-6-14(24-17)8-1-2-9-10(8)5-11(19)16(22)15(9)21/h1,3-6H,2H2. The number of allylic oxidation sites excluding steroid dienone is 1. The molecule has 0 N–H and O–H groups in total. The smallest absolute Gasteiger partial charge is 0.194 e. The van der Waals surface area contributed by atoms with Crippen LogP contribution in [0.2, 0.25) is 0 Å². The molecule has 0 unspecified atom stereocenters. The van der Waals surface area contributed by atoms with Gasteiger partial charge in [0.05, 0.1) is 17.4 Å². The number of halogens is 5. The molecule has 120 valence electrons. The molecule has 0 spiro atoms. The maximum Gasteiger partial charge on any atom is 0.194 e. The van der Waals surface area contributed by atoms with Gasteiger partial charge < -0.3 is 0 Å². The molecular formula is C17H7F5N2. The lowest BCUT2D eigenvalue weighted by atomic mass is 10.0. The Hall–Kier alpha value is -2.83. The van der Waals surface area contributed by atoms with Crippen LogP contribution in [-0.2, 0) is 6.42 Å². The Morgan fingerprint density at radius 2 is 1.67 bits per heavy atom. The van der Waals surface area contributed by atoms with Gasteiger partial charge >= 0.3 is 0 Å². The molecule has 1 aromatic heterocycles. The van der Waals surface area contributed by atoms with Crippen molar-refractivity contribution in [1.82, 2.24) is 9.97 Å². The fourth-order valence-electron chi connectivity index (χ4n) is 2.80. The fraction of sp³-hybridized carbons (Fsp3) is 0.0588. The van der Waals surface area contributed by atoms with Crippen LogP contribution < -0.4 is 0 Å². The van der Waals surface area contributed by atoms with Gasteiger partial charge in [-0.3, -0.25) is 4.98 Å². The van der Waals surface area contributed by atoms with Gasteiger partial charge in [0, 0.05) is 23.3 Å². The molecule has 7 heteroatoms. The molecule has 3 aromatic rings. The van der Waals surface area contributed by atoms with E-state index >= 15 is 0 Å². The van der Waals surface area contributed by atoms with Crippen molar-refractivity contribution in [1.29, 1.82) is 0 Å². The van der Waals surface area contributed by atoms with Gasteiger partial charge in [-0.2, -0.15) is 0 Å². The Labute approximate surface area is 132 Å². The van der Waals surface area contributed by atoms with Crippen LogP contribution in [0.5, 0.6) is 0 Å². The largest absolute Gasteiger partial charge is 0.252 e. The maximum atomic E-state index is 13.9. The van der Waals surface area contributed by atoms with Gasteiger partial charge in [-0.1, -0.05) is 6.08 Å². The first kappa shape index (κ1) is 14.7. The number of nitrogens with zero attached hydrogens (tertiary/aromatic N) is 2. The first-order valence-corrected chi connectivity index (χ1v) is 6.95. The van der Waals surface area contributed by atoms with Crippen molar-refractivity contribution >= 4 is 16.6 Å². The molecule has 1 aliphatic carbocycles. The van der Waals surface area contributed by atoms with E-state index in [-0.39, 0.29) is 34.3 Å². The SMILES string of the molecule is Fc1cc(F)c2nc(C3=CCc4c3cc(F)c(F)c4F)cnc2c1. The average molecular weight is 334 g/mol. The van der Waals surface area contributed by atoms with E-state index in [1.165, 1.54) is 12.3 Å². The summed E-state index contributed by atoms with van der Waals surface area (Å²) in [5, 5.41) is 0. The normalized spacial score (nSPS) is 13.3. The molecule has 2 nitrogen and oxygen atoms in total. The lowest BCUT2D eigenvalue weighted by molar-refractivity contribution is 0.442. The van der Waals surface area contributed by atoms with Crippen molar-refractivity contribution in [3.63, 3.8) is 0 Å². The van der Waals surface area contributed by atoms with Crippen molar-refractivity contribution in [3.8, 4) is 0 Å². The van der Waals surface area contributed by atoms with Gasteiger partial charge in [-0.05, 0) is 18.1 Å². The summed E-state index contributed by atoms with van der Waals surface area (Å²) in [6.45, 7) is 0. The number of hydrogen-bond acceptors (Lipinski definition) is 2. The van der Waals surface area contributed by atoms with Crippen LogP contribution in [0.25, 0.3) is 16.6 Å². The summed E-state index contributed by atoms with van der Waals surface area (Å²) in [4.78, 5) is 8.01. The fourth-order valence-corrected chi connectivity index (χ4v) is 2.80. The Balaban J connectivity index is 1.90. The minimum Gasteiger partial charge on any atom is -0.252 e. The maximum absolute atomic E-state index is 13.9. The summed E-state index contributed by atoms with van der Waals surface area (Å²) in [6, 6.07) is 2.58. The van der Waals surface area contributed by atoms with Crippen LogP contribution in [0.1, 0.15) is 16.8 Å². The molecule has 0 saturated carbocycles. The summed E-state index contributed by atoms with van der Waals surface area (Å²) in [6.07, 6.45) is 2.84. The topological polar surface area (TPSA) is 25.8 Å². The molecule has 0 amide bonds. The second-order valence-electron chi connectivity index (χ2n) is 5.34. The highest BCUT2D eigenvalue weighted by molar-refractivity contribution is 5.85. The summed E-state index contributed by atoms with van der Waals surface area (Å²) in [5.74, 6) is -5.78. The van der Waals surface area contributed by atoms with Crippen molar-refractivity contribution in [3.05, 3.63) is 76.4 Å². The van der Waals surface area contributed by atoms with E-state index in [0.29, 0.717) is 11.6 Å². The van der Waals surface area contributed by atoms with Crippen LogP contribution in [0, 0.1) is 29.1 Å². The lowest BCUT2D eigenvalue weighted by Crippen LogP contribution is -2.01. The second-order valence-corrected chi connectivity index (χ2v) is 5.34. The van der Waals surface area contributed by atoms with Gasteiger partial charge in [-0.25, -0.2) is 26.9 Å². The van der Waals surface area contributed by atoms with Crippen LogP contribution in [0.15, 0.2) is 30.5 Å². The van der Waals surface area contributed by atoms with Gasteiger partial charge in [0.15, 0.2) is 23.3 Å². The molecule has 2 aromatic carbocycles. The lowest BCUT2D eigenvalue weighted by Gasteiger charge is -2.08. The van der Waals surface area contributed by atoms with E-state index in [1.807, 2.05) is 0 Å². The predicted octanol–water partition coefficient (Wildman–Crippen LogP) is 4.31. The minimum atomic E-state index is -1.53. The van der Waals surface area contributed by atoms with E-state index in [2.05, 4.69) is 9.97 Å². The molecule has 0 bridgehead atoms. The van der Waals surface area contributed by atoms with Gasteiger partial charge in [0.2, 0.25) is 0 Å². The highest BCUT2D eigenvalue weighted by Crippen LogP contribution is 2.35. The van der Waals surface area contributed by atoms with Gasteiger partial charge in [-0.15, -0.1) is 0 Å². The van der Waals surface area contributed by atoms with Crippen LogP contribution >= 0.6 is 0 Å². The van der Waals surface area contributed by atoms with E-state index < -0.39 is 29.1 Å². The third kappa shape index (κ3) is 2.08. The molecule has 1 aliphatic rings. The molecule has 4 rings (SSSR count). The Morgan fingerprint density at radius 3 is 2.46 bits per heavy atom. The Bertz CT molecular complexity index is 1040. The van der Waals surface area contributed by atoms with Crippen LogP contribution in [0.3, 0.4) is 0 Å². The first-order valence-electron chi connectivity index (χ1n) is 6.95. The summed E-state index contributed by atoms with van der Waals surface area (Å²) < 4.78 is 67.7. The zero-order valence-corrected chi connectivity index (χ0v) is 11.9. The summed E-state index contributed by atoms with van der Waals surface area (Å²) in [5.41, 5.74) is 0.490. The molecule has 0 aliphatic heterocycles. The number of hydrogen-bond donors (Lipinski definition) is 0. The molecule has 0 saturated heterocycles. The number of fused-ring (bicyclic) bond motifs is 2. The third-order valence-corrected chi connectivity index (χ3v) is 3.91. The quantitative estimate of drug-likeness (QED) is 0.489. The highest BCUT2D eigenvalue weighted by Gasteiger charge is 2.25. The molecule has 1 heterocycles. The number of aromatic nitrogens is 2.